The van der Waals surface area contributed by atoms with Crippen LogP contribution in [0.15, 0.2) is 41.2 Å². The van der Waals surface area contributed by atoms with E-state index in [1.54, 1.807) is 13.2 Å². The minimum Gasteiger partial charge on any atom is -0.496 e. The number of nitrogen functional groups attached to an aromatic ring is 1. The van der Waals surface area contributed by atoms with E-state index < -0.39 is 0 Å². The molecule has 0 aliphatic heterocycles. The van der Waals surface area contributed by atoms with E-state index in [2.05, 4.69) is 0 Å². The maximum atomic E-state index is 13.4. The number of ether oxygens (including phenoxy) is 1. The first-order chi connectivity index (χ1) is 13.1. The topological polar surface area (TPSA) is 62.2 Å². The number of nitrogens with two attached hydrogens (primary N) is 1. The van der Waals surface area contributed by atoms with Crippen LogP contribution in [0.4, 0.5) is 5.69 Å². The number of anilines is 1. The molecule has 0 radical (unpaired) electrons. The Kier molecular flexibility index (Phi) is 4.87. The summed E-state index contributed by atoms with van der Waals surface area (Å²) in [4.78, 5) is 13.4. The zero-order valence-corrected chi connectivity index (χ0v) is 16.2. The molecule has 142 valence electrons. The lowest BCUT2D eigenvalue weighted by atomic mass is 9.95. The van der Waals surface area contributed by atoms with Gasteiger partial charge in [-0.2, -0.15) is 0 Å². The minimum atomic E-state index is 0.0121. The number of rotatable bonds is 4. The monoisotopic (exact) mass is 385 g/mol. The summed E-state index contributed by atoms with van der Waals surface area (Å²) in [6.45, 7) is 0.431. The quantitative estimate of drug-likeness (QED) is 0.667. The third-order valence-electron chi connectivity index (χ3n) is 5.50. The second-order valence-corrected chi connectivity index (χ2v) is 7.67. The lowest BCUT2D eigenvalue weighted by molar-refractivity contribution is 0.350. The first-order valence-corrected chi connectivity index (χ1v) is 9.79. The Balaban J connectivity index is 1.86. The van der Waals surface area contributed by atoms with Crippen molar-refractivity contribution in [1.29, 1.82) is 0 Å². The van der Waals surface area contributed by atoms with Crippen molar-refractivity contribution in [3.63, 3.8) is 0 Å². The molecular formula is C21H24ClN3O2. The van der Waals surface area contributed by atoms with Crippen LogP contribution in [-0.2, 0) is 6.54 Å². The van der Waals surface area contributed by atoms with Gasteiger partial charge in [0.2, 0.25) is 0 Å². The van der Waals surface area contributed by atoms with Gasteiger partial charge in [-0.05, 0) is 37.1 Å². The van der Waals surface area contributed by atoms with Crippen molar-refractivity contribution in [2.75, 3.05) is 12.8 Å². The van der Waals surface area contributed by atoms with Gasteiger partial charge < -0.3 is 10.5 Å². The van der Waals surface area contributed by atoms with Crippen molar-refractivity contribution in [1.82, 2.24) is 9.13 Å². The van der Waals surface area contributed by atoms with E-state index >= 15 is 0 Å². The molecule has 0 atom stereocenters. The number of imidazole rings is 1. The molecule has 5 nitrogen and oxygen atoms in total. The largest absolute Gasteiger partial charge is 0.496 e. The molecule has 6 heteroatoms. The molecule has 0 amide bonds. The Labute approximate surface area is 163 Å². The standard InChI is InChI=1S/C21H24ClN3O2/c1-27-20-12-16(23)9-7-14(20)13-24-18-10-8-15(22)11-19(18)25(21(24)26)17-5-3-2-4-6-17/h7-12,17H,2-6,13,23H2,1H3. The lowest BCUT2D eigenvalue weighted by Gasteiger charge is -2.23. The van der Waals surface area contributed by atoms with Crippen LogP contribution in [0.3, 0.4) is 0 Å². The maximum Gasteiger partial charge on any atom is 0.329 e. The van der Waals surface area contributed by atoms with Gasteiger partial charge in [-0.3, -0.25) is 9.13 Å². The highest BCUT2D eigenvalue weighted by atomic mass is 35.5. The highest BCUT2D eigenvalue weighted by molar-refractivity contribution is 6.31. The predicted octanol–water partition coefficient (Wildman–Crippen LogP) is 4.60. The average Bonchev–Trinajstić information content (AvgIpc) is 2.94. The molecule has 1 aromatic heterocycles. The number of methoxy groups -OCH3 is 1. The van der Waals surface area contributed by atoms with E-state index in [4.69, 9.17) is 22.1 Å². The first kappa shape index (κ1) is 18.0. The molecule has 0 unspecified atom stereocenters. The molecule has 2 aromatic carbocycles. The van der Waals surface area contributed by atoms with Crippen molar-refractivity contribution in [3.05, 3.63) is 57.5 Å². The third kappa shape index (κ3) is 3.32. The van der Waals surface area contributed by atoms with E-state index in [-0.39, 0.29) is 11.7 Å². The molecule has 0 spiro atoms. The van der Waals surface area contributed by atoms with Crippen LogP contribution in [0.5, 0.6) is 5.75 Å². The highest BCUT2D eigenvalue weighted by Gasteiger charge is 2.23. The van der Waals surface area contributed by atoms with E-state index in [1.807, 2.05) is 39.5 Å². The number of nitrogens with zero attached hydrogens (tertiary/aromatic N) is 2. The van der Waals surface area contributed by atoms with Crippen molar-refractivity contribution >= 4 is 28.3 Å². The summed E-state index contributed by atoms with van der Waals surface area (Å²) in [5.41, 5.74) is 9.25. The van der Waals surface area contributed by atoms with Crippen LogP contribution in [0.2, 0.25) is 5.02 Å². The second kappa shape index (κ2) is 7.31. The normalized spacial score (nSPS) is 15.3. The fourth-order valence-corrected chi connectivity index (χ4v) is 4.33. The molecule has 0 saturated heterocycles. The fraction of sp³-hybridized carbons (Fsp3) is 0.381. The molecule has 0 bridgehead atoms. The number of halogens is 1. The molecule has 1 aliphatic rings. The number of benzene rings is 2. The van der Waals surface area contributed by atoms with Gasteiger partial charge in [-0.25, -0.2) is 4.79 Å². The van der Waals surface area contributed by atoms with Crippen molar-refractivity contribution in [2.45, 2.75) is 44.7 Å². The molecular weight excluding hydrogens is 362 g/mol. The Morgan fingerprint density at radius 1 is 1.11 bits per heavy atom. The van der Waals surface area contributed by atoms with Gasteiger partial charge in [-0.1, -0.05) is 36.9 Å². The zero-order chi connectivity index (χ0) is 19.0. The summed E-state index contributed by atoms with van der Waals surface area (Å²) in [7, 11) is 1.62. The summed E-state index contributed by atoms with van der Waals surface area (Å²) in [5, 5.41) is 0.647. The molecule has 1 aliphatic carbocycles. The zero-order valence-electron chi connectivity index (χ0n) is 15.5. The van der Waals surface area contributed by atoms with Crippen LogP contribution in [-0.4, -0.2) is 16.2 Å². The number of aromatic nitrogens is 2. The molecule has 1 heterocycles. The molecule has 2 N–H and O–H groups in total. The highest BCUT2D eigenvalue weighted by Crippen LogP contribution is 2.31. The van der Waals surface area contributed by atoms with Crippen molar-refractivity contribution < 1.29 is 4.74 Å². The third-order valence-corrected chi connectivity index (χ3v) is 5.74. The lowest BCUT2D eigenvalue weighted by Crippen LogP contribution is -2.29. The van der Waals surface area contributed by atoms with E-state index in [0.29, 0.717) is 23.0 Å². The predicted molar refractivity (Wildman–Crippen MR) is 110 cm³/mol. The van der Waals surface area contributed by atoms with Gasteiger partial charge in [-0.15, -0.1) is 0 Å². The maximum absolute atomic E-state index is 13.4. The SMILES string of the molecule is COc1cc(N)ccc1Cn1c(=O)n(C2CCCCC2)c2cc(Cl)ccc21. The van der Waals surface area contributed by atoms with Crippen LogP contribution in [0.1, 0.15) is 43.7 Å². The van der Waals surface area contributed by atoms with Gasteiger partial charge in [0.1, 0.15) is 5.75 Å². The Bertz CT molecular complexity index is 1030. The number of hydrogen-bond acceptors (Lipinski definition) is 3. The summed E-state index contributed by atoms with van der Waals surface area (Å²) < 4.78 is 9.23. The van der Waals surface area contributed by atoms with Gasteiger partial charge in [0.15, 0.2) is 0 Å². The number of fused-ring (bicyclic) bond motifs is 1. The van der Waals surface area contributed by atoms with Crippen molar-refractivity contribution in [2.24, 2.45) is 0 Å². The molecule has 3 aromatic rings. The summed E-state index contributed by atoms with van der Waals surface area (Å²) in [6.07, 6.45) is 5.65. The van der Waals surface area contributed by atoms with Crippen LogP contribution < -0.4 is 16.2 Å². The minimum absolute atomic E-state index is 0.0121. The summed E-state index contributed by atoms with van der Waals surface area (Å²) >= 11 is 6.26. The molecule has 27 heavy (non-hydrogen) atoms. The number of hydrogen-bond donors (Lipinski definition) is 1. The fourth-order valence-electron chi connectivity index (χ4n) is 4.16. The molecule has 1 saturated carbocycles. The summed E-state index contributed by atoms with van der Waals surface area (Å²) in [5.74, 6) is 0.689. The van der Waals surface area contributed by atoms with Gasteiger partial charge in [0.05, 0.1) is 24.7 Å². The molecule has 1 fully saturated rings. The van der Waals surface area contributed by atoms with E-state index in [0.717, 1.165) is 42.3 Å². The van der Waals surface area contributed by atoms with E-state index in [9.17, 15) is 4.79 Å². The van der Waals surface area contributed by atoms with Gasteiger partial charge in [0, 0.05) is 28.4 Å². The smallest absolute Gasteiger partial charge is 0.329 e. The van der Waals surface area contributed by atoms with Crippen LogP contribution in [0, 0.1) is 0 Å². The Hall–Kier alpha value is -2.40. The first-order valence-electron chi connectivity index (χ1n) is 9.41. The van der Waals surface area contributed by atoms with E-state index in [1.165, 1.54) is 6.42 Å². The average molecular weight is 386 g/mol. The Morgan fingerprint density at radius 2 is 1.89 bits per heavy atom. The van der Waals surface area contributed by atoms with Crippen molar-refractivity contribution in [3.8, 4) is 5.75 Å². The second-order valence-electron chi connectivity index (χ2n) is 7.23. The van der Waals surface area contributed by atoms with Crippen LogP contribution in [0.25, 0.3) is 11.0 Å². The van der Waals surface area contributed by atoms with Gasteiger partial charge in [0.25, 0.3) is 0 Å². The van der Waals surface area contributed by atoms with Gasteiger partial charge >= 0.3 is 5.69 Å². The Morgan fingerprint density at radius 3 is 2.63 bits per heavy atom. The van der Waals surface area contributed by atoms with Crippen LogP contribution >= 0.6 is 11.6 Å². The molecule has 4 rings (SSSR count). The summed E-state index contributed by atoms with van der Waals surface area (Å²) in [6, 6.07) is 11.5.